The van der Waals surface area contributed by atoms with E-state index >= 15 is 0 Å². The molecule has 1 N–H and O–H groups in total. The first-order valence-corrected chi connectivity index (χ1v) is 11.7. The van der Waals surface area contributed by atoms with E-state index in [1.165, 1.54) is 12.1 Å². The van der Waals surface area contributed by atoms with E-state index in [2.05, 4.69) is 5.32 Å². The van der Waals surface area contributed by atoms with Crippen LogP contribution in [0.4, 0.5) is 13.2 Å². The van der Waals surface area contributed by atoms with Crippen molar-refractivity contribution < 1.29 is 36.9 Å². The smallest absolute Gasteiger partial charge is 0.252 e. The van der Waals surface area contributed by atoms with Crippen LogP contribution in [0, 0.1) is 17.5 Å². The minimum Gasteiger partial charge on any atom is -0.370 e. The quantitative estimate of drug-likeness (QED) is 0.591. The fourth-order valence-corrected chi connectivity index (χ4v) is 4.70. The van der Waals surface area contributed by atoms with Gasteiger partial charge in [0.2, 0.25) is 0 Å². The summed E-state index contributed by atoms with van der Waals surface area (Å²) >= 11 is 0. The molecule has 2 aromatic rings. The van der Waals surface area contributed by atoms with Crippen LogP contribution in [0.3, 0.4) is 0 Å². The molecule has 1 aliphatic carbocycles. The van der Waals surface area contributed by atoms with Crippen molar-refractivity contribution in [2.24, 2.45) is 0 Å². The van der Waals surface area contributed by atoms with Crippen LogP contribution in [0.25, 0.3) is 0 Å². The van der Waals surface area contributed by atoms with Gasteiger partial charge in [0.05, 0.1) is 25.4 Å². The summed E-state index contributed by atoms with van der Waals surface area (Å²) in [6.45, 7) is 5.38. The molecule has 2 aromatic carbocycles. The Morgan fingerprint density at radius 3 is 2.49 bits per heavy atom. The van der Waals surface area contributed by atoms with Gasteiger partial charge in [-0.15, -0.1) is 0 Å². The van der Waals surface area contributed by atoms with E-state index in [0.29, 0.717) is 12.1 Å². The molecule has 1 saturated carbocycles. The van der Waals surface area contributed by atoms with Crippen molar-refractivity contribution in [1.29, 1.82) is 0 Å². The highest BCUT2D eigenvalue weighted by atomic mass is 19.1. The zero-order chi connectivity index (χ0) is 25.2. The van der Waals surface area contributed by atoms with Gasteiger partial charge in [-0.2, -0.15) is 0 Å². The fourth-order valence-electron chi connectivity index (χ4n) is 4.70. The van der Waals surface area contributed by atoms with Crippen molar-refractivity contribution in [2.75, 3.05) is 6.54 Å². The highest BCUT2D eigenvalue weighted by Gasteiger charge is 2.58. The minimum absolute atomic E-state index is 0.0801. The van der Waals surface area contributed by atoms with Crippen molar-refractivity contribution in [1.82, 2.24) is 5.32 Å². The Hall–Kier alpha value is -2.46. The van der Waals surface area contributed by atoms with Gasteiger partial charge in [0, 0.05) is 36.6 Å². The highest BCUT2D eigenvalue weighted by Crippen LogP contribution is 2.44. The number of carbonyl (C=O) groups is 1. The Balaban J connectivity index is 1.61. The fraction of sp³-hybridized carbons (Fsp3) is 0.500. The summed E-state index contributed by atoms with van der Waals surface area (Å²) in [6, 6.07) is 9.44. The molecule has 2 aliphatic rings. The molecule has 6 nitrogen and oxygen atoms in total. The molecule has 4 atom stereocenters. The predicted octanol–water partition coefficient (Wildman–Crippen LogP) is 4.39. The zero-order valence-electron chi connectivity index (χ0n) is 20.0. The number of benzene rings is 2. The monoisotopic (exact) mass is 493 g/mol. The minimum atomic E-state index is -1.39. The van der Waals surface area contributed by atoms with Crippen LogP contribution in [-0.2, 0) is 37.0 Å². The van der Waals surface area contributed by atoms with E-state index in [4.69, 9.17) is 18.9 Å². The molecule has 0 spiro atoms. The van der Waals surface area contributed by atoms with Crippen LogP contribution in [-0.4, -0.2) is 42.2 Å². The molecule has 0 radical (unpaired) electrons. The first-order chi connectivity index (χ1) is 16.6. The summed E-state index contributed by atoms with van der Waals surface area (Å²) in [6.07, 6.45) is -1.54. The largest absolute Gasteiger partial charge is 0.370 e. The van der Waals surface area contributed by atoms with Crippen molar-refractivity contribution in [3.05, 3.63) is 71.0 Å². The summed E-state index contributed by atoms with van der Waals surface area (Å²) in [5.74, 6) is -3.15. The standard InChI is InChI=1S/C26H30F3NO5/c1-4-30-24(31)26(33-15-16-7-5-6-8-19(16)28)12-21(23-22(13-26)34-25(2,3)35-23)32-14-17-9-10-18(27)11-20(17)29/h5-11,21-23H,4,12-15H2,1-3H3,(H,30,31)/t21?,22-,23+,26-/m1/s1. The number of hydrogen-bond acceptors (Lipinski definition) is 5. The summed E-state index contributed by atoms with van der Waals surface area (Å²) in [5, 5.41) is 2.81. The van der Waals surface area contributed by atoms with Crippen LogP contribution in [0.1, 0.15) is 44.7 Å². The molecule has 1 aliphatic heterocycles. The average molecular weight is 494 g/mol. The predicted molar refractivity (Wildman–Crippen MR) is 121 cm³/mol. The highest BCUT2D eigenvalue weighted by molar-refractivity contribution is 5.85. The maximum Gasteiger partial charge on any atom is 0.252 e. The van der Waals surface area contributed by atoms with Crippen LogP contribution >= 0.6 is 0 Å². The topological polar surface area (TPSA) is 66.0 Å². The molecular formula is C26H30F3NO5. The Morgan fingerprint density at radius 1 is 1.03 bits per heavy atom. The van der Waals surface area contributed by atoms with Crippen molar-refractivity contribution in [3.63, 3.8) is 0 Å². The summed E-state index contributed by atoms with van der Waals surface area (Å²) in [5.41, 5.74) is -0.912. The van der Waals surface area contributed by atoms with Crippen molar-refractivity contribution in [3.8, 4) is 0 Å². The molecule has 1 amide bonds. The first-order valence-electron chi connectivity index (χ1n) is 11.7. The van der Waals surface area contributed by atoms with Crippen molar-refractivity contribution in [2.45, 2.75) is 76.5 Å². The summed E-state index contributed by atoms with van der Waals surface area (Å²) < 4.78 is 66.2. The van der Waals surface area contributed by atoms with Gasteiger partial charge in [-0.25, -0.2) is 13.2 Å². The second kappa shape index (κ2) is 10.3. The summed E-state index contributed by atoms with van der Waals surface area (Å²) in [4.78, 5) is 13.3. The number of amides is 1. The number of likely N-dealkylation sites (N-methyl/N-ethyl adjacent to an activating group) is 1. The lowest BCUT2D eigenvalue weighted by molar-refractivity contribution is -0.183. The molecule has 1 heterocycles. The van der Waals surface area contributed by atoms with Gasteiger partial charge in [0.1, 0.15) is 23.6 Å². The average Bonchev–Trinajstić information content (AvgIpc) is 3.11. The SMILES string of the molecule is CCNC(=O)[C@@]1(OCc2ccccc2F)CC(OCc2ccc(F)cc2F)[C@@H]2OC(C)(C)O[C@@H]2C1. The third-order valence-corrected chi connectivity index (χ3v) is 6.33. The van der Waals surface area contributed by atoms with E-state index < -0.39 is 47.2 Å². The number of rotatable bonds is 8. The number of carbonyl (C=O) groups excluding carboxylic acids is 1. The third kappa shape index (κ3) is 5.69. The van der Waals surface area contributed by atoms with E-state index in [1.54, 1.807) is 39.0 Å². The van der Waals surface area contributed by atoms with Gasteiger partial charge in [0.25, 0.3) is 5.91 Å². The lowest BCUT2D eigenvalue weighted by Gasteiger charge is -2.43. The van der Waals surface area contributed by atoms with E-state index in [9.17, 15) is 18.0 Å². The summed E-state index contributed by atoms with van der Waals surface area (Å²) in [7, 11) is 0. The number of nitrogens with one attached hydrogen (secondary N) is 1. The van der Waals surface area contributed by atoms with Gasteiger partial charge >= 0.3 is 0 Å². The van der Waals surface area contributed by atoms with E-state index in [1.807, 2.05) is 0 Å². The molecule has 1 saturated heterocycles. The number of halogens is 3. The van der Waals surface area contributed by atoms with Gasteiger partial charge in [-0.05, 0) is 32.9 Å². The Morgan fingerprint density at radius 2 is 1.77 bits per heavy atom. The molecule has 9 heteroatoms. The van der Waals surface area contributed by atoms with Crippen molar-refractivity contribution >= 4 is 5.91 Å². The molecule has 0 bridgehead atoms. The normalized spacial score (nSPS) is 27.4. The third-order valence-electron chi connectivity index (χ3n) is 6.33. The van der Waals surface area contributed by atoms with Gasteiger partial charge in [-0.1, -0.05) is 24.3 Å². The van der Waals surface area contributed by atoms with Gasteiger partial charge < -0.3 is 24.3 Å². The zero-order valence-corrected chi connectivity index (χ0v) is 20.0. The Bertz CT molecular complexity index is 1070. The Labute approximate surface area is 202 Å². The molecule has 190 valence electrons. The van der Waals surface area contributed by atoms with Crippen LogP contribution in [0.2, 0.25) is 0 Å². The lowest BCUT2D eigenvalue weighted by Crippen LogP contribution is -2.60. The van der Waals surface area contributed by atoms with Crippen LogP contribution < -0.4 is 5.32 Å². The molecular weight excluding hydrogens is 463 g/mol. The maximum absolute atomic E-state index is 14.3. The van der Waals surface area contributed by atoms with E-state index in [-0.39, 0.29) is 37.5 Å². The lowest BCUT2D eigenvalue weighted by atomic mass is 9.78. The van der Waals surface area contributed by atoms with Gasteiger partial charge in [0.15, 0.2) is 11.4 Å². The maximum atomic E-state index is 14.3. The molecule has 1 unspecified atom stereocenters. The number of ether oxygens (including phenoxy) is 4. The second-order valence-electron chi connectivity index (χ2n) is 9.37. The van der Waals surface area contributed by atoms with Crippen LogP contribution in [0.15, 0.2) is 42.5 Å². The Kier molecular flexibility index (Phi) is 7.51. The molecule has 0 aromatic heterocycles. The number of hydrogen-bond donors (Lipinski definition) is 1. The van der Waals surface area contributed by atoms with Crippen LogP contribution in [0.5, 0.6) is 0 Å². The molecule has 2 fully saturated rings. The first kappa shape index (κ1) is 25.6. The molecule has 4 rings (SSSR count). The van der Waals surface area contributed by atoms with Gasteiger partial charge in [-0.3, -0.25) is 4.79 Å². The second-order valence-corrected chi connectivity index (χ2v) is 9.37. The molecule has 35 heavy (non-hydrogen) atoms. The van der Waals surface area contributed by atoms with E-state index in [0.717, 1.165) is 12.1 Å². The number of fused-ring (bicyclic) bond motifs is 1.